The van der Waals surface area contributed by atoms with E-state index in [1.165, 1.54) is 4.57 Å². The first-order valence-corrected chi connectivity index (χ1v) is 10.0. The fourth-order valence-corrected chi connectivity index (χ4v) is 3.40. The Morgan fingerprint density at radius 2 is 1.62 bits per heavy atom. The number of aliphatic hydroxyl groups is 1. The van der Waals surface area contributed by atoms with Crippen LogP contribution >= 0.6 is 0 Å². The number of aromatic nitrogens is 1. The molecule has 0 unspecified atom stereocenters. The Morgan fingerprint density at radius 1 is 1.00 bits per heavy atom. The number of aliphatic hydroxyl groups excluding tert-OH is 1. The van der Waals surface area contributed by atoms with Gasteiger partial charge in [0.15, 0.2) is 5.78 Å². The molecule has 32 heavy (non-hydrogen) atoms. The van der Waals surface area contributed by atoms with Gasteiger partial charge in [-0.1, -0.05) is 48.5 Å². The molecule has 0 saturated carbocycles. The molecule has 1 aromatic heterocycles. The number of esters is 1. The van der Waals surface area contributed by atoms with E-state index in [2.05, 4.69) is 4.74 Å². The van der Waals surface area contributed by atoms with Crippen LogP contribution in [0.3, 0.4) is 0 Å². The second-order valence-electron chi connectivity index (χ2n) is 8.20. The molecule has 166 valence electrons. The molecule has 1 N–H and O–H groups in total. The molecule has 0 saturated heterocycles. The Morgan fingerprint density at radius 3 is 2.25 bits per heavy atom. The first-order chi connectivity index (χ1) is 15.1. The van der Waals surface area contributed by atoms with Crippen LogP contribution in [0.4, 0.5) is 4.79 Å². The van der Waals surface area contributed by atoms with E-state index < -0.39 is 29.2 Å². The number of ketones is 1. The molecule has 3 aromatic rings. The molecule has 7 nitrogen and oxygen atoms in total. The summed E-state index contributed by atoms with van der Waals surface area (Å²) in [5, 5.41) is 10.4. The summed E-state index contributed by atoms with van der Waals surface area (Å²) < 4.78 is 11.5. The Kier molecular flexibility index (Phi) is 6.48. The molecule has 0 radical (unpaired) electrons. The number of rotatable bonds is 5. The minimum absolute atomic E-state index is 0.200. The predicted octanol–water partition coefficient (Wildman–Crippen LogP) is 4.81. The van der Waals surface area contributed by atoms with Crippen LogP contribution in [-0.2, 0) is 20.7 Å². The number of para-hydroxylation sites is 1. The van der Waals surface area contributed by atoms with Crippen molar-refractivity contribution >= 4 is 28.7 Å². The molecular weight excluding hydrogens is 410 g/mol. The highest BCUT2D eigenvalue weighted by molar-refractivity contribution is 6.17. The molecule has 0 fully saturated rings. The van der Waals surface area contributed by atoms with E-state index >= 15 is 0 Å². The Bertz CT molecular complexity index is 1200. The summed E-state index contributed by atoms with van der Waals surface area (Å²) in [6.45, 7) is 5.28. The van der Waals surface area contributed by atoms with Gasteiger partial charge in [0.2, 0.25) is 5.76 Å². The molecule has 1 heterocycles. The number of hydrogen-bond acceptors (Lipinski definition) is 6. The summed E-state index contributed by atoms with van der Waals surface area (Å²) in [5.74, 6) is -2.48. The average Bonchev–Trinajstić information content (AvgIpc) is 3.06. The van der Waals surface area contributed by atoms with Crippen molar-refractivity contribution in [2.45, 2.75) is 32.8 Å². The molecule has 0 aliphatic heterocycles. The maximum atomic E-state index is 13.2. The van der Waals surface area contributed by atoms with Crippen molar-refractivity contribution < 1.29 is 29.0 Å². The van der Waals surface area contributed by atoms with Crippen LogP contribution in [0.1, 0.15) is 42.4 Å². The van der Waals surface area contributed by atoms with Gasteiger partial charge in [-0.3, -0.25) is 4.79 Å². The summed E-state index contributed by atoms with van der Waals surface area (Å²) in [6, 6.07) is 16.3. The van der Waals surface area contributed by atoms with Crippen molar-refractivity contribution in [2.75, 3.05) is 7.11 Å². The molecule has 0 bridgehead atoms. The van der Waals surface area contributed by atoms with E-state index in [1.54, 1.807) is 45.0 Å². The van der Waals surface area contributed by atoms with Crippen LogP contribution in [-0.4, -0.2) is 40.2 Å². The second-order valence-corrected chi connectivity index (χ2v) is 8.20. The van der Waals surface area contributed by atoms with Crippen LogP contribution in [0.15, 0.2) is 66.4 Å². The van der Waals surface area contributed by atoms with Gasteiger partial charge in [-0.2, -0.15) is 0 Å². The van der Waals surface area contributed by atoms with Crippen LogP contribution in [0.5, 0.6) is 0 Å². The lowest BCUT2D eigenvalue weighted by Crippen LogP contribution is -2.28. The lowest BCUT2D eigenvalue weighted by molar-refractivity contribution is -0.139. The standard InChI is InChI=1S/C25H25NO6/c1-25(2,3)32-24(30)26-18-13-9-8-12-17(18)22(20(27)15-21(28)23(29)31-4)19(26)14-16-10-6-5-7-11-16/h5-13,15,28H,14H2,1-4H3. The molecule has 3 rings (SSSR count). The fraction of sp³-hybridized carbons (Fsp3) is 0.240. The topological polar surface area (TPSA) is 94.8 Å². The minimum atomic E-state index is -1.03. The Hall–Kier alpha value is -3.87. The average molecular weight is 435 g/mol. The van der Waals surface area contributed by atoms with Crippen molar-refractivity contribution in [1.82, 2.24) is 4.57 Å². The number of methoxy groups -OCH3 is 1. The minimum Gasteiger partial charge on any atom is -0.502 e. The third kappa shape index (κ3) is 4.88. The van der Waals surface area contributed by atoms with E-state index in [1.807, 2.05) is 30.3 Å². The third-order valence-electron chi connectivity index (χ3n) is 4.67. The lowest BCUT2D eigenvalue weighted by Gasteiger charge is -2.21. The highest BCUT2D eigenvalue weighted by Gasteiger charge is 2.28. The van der Waals surface area contributed by atoms with Crippen molar-refractivity contribution in [2.24, 2.45) is 0 Å². The monoisotopic (exact) mass is 435 g/mol. The predicted molar refractivity (Wildman–Crippen MR) is 120 cm³/mol. The third-order valence-corrected chi connectivity index (χ3v) is 4.67. The van der Waals surface area contributed by atoms with Gasteiger partial charge in [-0.15, -0.1) is 0 Å². The Balaban J connectivity index is 2.27. The Labute approximate surface area is 185 Å². The van der Waals surface area contributed by atoms with Gasteiger partial charge >= 0.3 is 12.1 Å². The molecule has 0 spiro atoms. The number of carbonyl (C=O) groups excluding carboxylic acids is 3. The number of hydrogen-bond donors (Lipinski definition) is 1. The SMILES string of the molecule is COC(=O)C(O)=CC(=O)c1c(Cc2ccccc2)n(C(=O)OC(C)(C)C)c2ccccc12. The molecular formula is C25H25NO6. The number of benzene rings is 2. The van der Waals surface area contributed by atoms with Crippen LogP contribution in [0.25, 0.3) is 10.9 Å². The number of ether oxygens (including phenoxy) is 2. The number of allylic oxidation sites excluding steroid dienone is 1. The van der Waals surface area contributed by atoms with Crippen LogP contribution < -0.4 is 0 Å². The van der Waals surface area contributed by atoms with Gasteiger partial charge < -0.3 is 14.6 Å². The van der Waals surface area contributed by atoms with E-state index in [0.717, 1.165) is 18.7 Å². The molecule has 0 atom stereocenters. The first-order valence-electron chi connectivity index (χ1n) is 10.0. The second kappa shape index (κ2) is 9.09. The van der Waals surface area contributed by atoms with E-state index in [0.29, 0.717) is 16.6 Å². The highest BCUT2D eigenvalue weighted by atomic mass is 16.6. The zero-order chi connectivity index (χ0) is 23.5. The normalized spacial score (nSPS) is 11.9. The lowest BCUT2D eigenvalue weighted by atomic mass is 10.0. The van der Waals surface area contributed by atoms with E-state index in [4.69, 9.17) is 4.74 Å². The molecule has 2 aromatic carbocycles. The quantitative estimate of drug-likeness (QED) is 0.267. The zero-order valence-corrected chi connectivity index (χ0v) is 18.4. The van der Waals surface area contributed by atoms with Gasteiger partial charge in [0.25, 0.3) is 0 Å². The summed E-state index contributed by atoms with van der Waals surface area (Å²) in [6.07, 6.45) is 0.435. The summed E-state index contributed by atoms with van der Waals surface area (Å²) in [7, 11) is 1.10. The first kappa shape index (κ1) is 22.8. The fourth-order valence-electron chi connectivity index (χ4n) is 3.40. The highest BCUT2D eigenvalue weighted by Crippen LogP contribution is 2.30. The smallest absolute Gasteiger partial charge is 0.419 e. The van der Waals surface area contributed by atoms with Gasteiger partial charge in [0, 0.05) is 23.6 Å². The number of fused-ring (bicyclic) bond motifs is 1. The summed E-state index contributed by atoms with van der Waals surface area (Å²) >= 11 is 0. The van der Waals surface area contributed by atoms with Crippen molar-refractivity contribution in [3.8, 4) is 0 Å². The summed E-state index contributed by atoms with van der Waals surface area (Å²) in [4.78, 5) is 38.0. The largest absolute Gasteiger partial charge is 0.502 e. The van der Waals surface area contributed by atoms with Crippen molar-refractivity contribution in [3.63, 3.8) is 0 Å². The van der Waals surface area contributed by atoms with Gasteiger partial charge in [-0.25, -0.2) is 14.2 Å². The van der Waals surface area contributed by atoms with Gasteiger partial charge in [0.05, 0.1) is 18.2 Å². The zero-order valence-electron chi connectivity index (χ0n) is 18.4. The number of nitrogens with zero attached hydrogens (tertiary/aromatic N) is 1. The van der Waals surface area contributed by atoms with Crippen molar-refractivity contribution in [3.05, 3.63) is 83.3 Å². The van der Waals surface area contributed by atoms with Crippen LogP contribution in [0.2, 0.25) is 0 Å². The molecule has 0 aliphatic carbocycles. The molecule has 7 heteroatoms. The molecule has 0 aliphatic rings. The molecule has 0 amide bonds. The van der Waals surface area contributed by atoms with Gasteiger partial charge in [0.1, 0.15) is 5.60 Å². The summed E-state index contributed by atoms with van der Waals surface area (Å²) in [5.41, 5.74) is 1.20. The van der Waals surface area contributed by atoms with Crippen LogP contribution in [0, 0.1) is 0 Å². The maximum absolute atomic E-state index is 13.2. The van der Waals surface area contributed by atoms with Gasteiger partial charge in [-0.05, 0) is 32.4 Å². The van der Waals surface area contributed by atoms with E-state index in [9.17, 15) is 19.5 Å². The number of carbonyl (C=O) groups is 3. The van der Waals surface area contributed by atoms with E-state index in [-0.39, 0.29) is 12.0 Å². The van der Waals surface area contributed by atoms with Crippen molar-refractivity contribution in [1.29, 1.82) is 0 Å². The maximum Gasteiger partial charge on any atom is 0.419 e.